The molecule has 1 saturated heterocycles. The van der Waals surface area contributed by atoms with E-state index in [1.807, 2.05) is 30.3 Å². The van der Waals surface area contributed by atoms with Gasteiger partial charge < -0.3 is 4.98 Å². The summed E-state index contributed by atoms with van der Waals surface area (Å²) in [5, 5.41) is 1.81. The van der Waals surface area contributed by atoms with E-state index >= 15 is 0 Å². The lowest BCUT2D eigenvalue weighted by molar-refractivity contribution is 0.137. The molecule has 2 aromatic heterocycles. The first-order chi connectivity index (χ1) is 13.3. The second-order valence-electron chi connectivity index (χ2n) is 7.03. The molecule has 0 unspecified atom stereocenters. The molecule has 1 atom stereocenters. The first-order valence-corrected chi connectivity index (χ1v) is 10.2. The minimum Gasteiger partial charge on any atom is -0.309 e. The molecule has 136 valence electrons. The summed E-state index contributed by atoms with van der Waals surface area (Å²) in [5.41, 5.74) is 1.76. The summed E-state index contributed by atoms with van der Waals surface area (Å²) < 4.78 is 1.23. The fourth-order valence-corrected chi connectivity index (χ4v) is 5.03. The Kier molecular flexibility index (Phi) is 4.22. The largest absolute Gasteiger partial charge is 0.309 e. The van der Waals surface area contributed by atoms with Gasteiger partial charge in [0, 0.05) is 0 Å². The van der Waals surface area contributed by atoms with Crippen molar-refractivity contribution in [3.63, 3.8) is 0 Å². The average Bonchev–Trinajstić information content (AvgIpc) is 3.12. The number of rotatable bonds is 3. The molecule has 6 heteroatoms. The smallest absolute Gasteiger partial charge is 0.258 e. The van der Waals surface area contributed by atoms with E-state index < -0.39 is 0 Å². The van der Waals surface area contributed by atoms with Crippen molar-refractivity contribution in [1.82, 2.24) is 19.9 Å². The maximum atomic E-state index is 12.4. The molecule has 0 spiro atoms. The predicted molar refractivity (Wildman–Crippen MR) is 109 cm³/mol. The highest BCUT2D eigenvalue weighted by atomic mass is 32.1. The number of nitrogens with zero attached hydrogens (tertiary/aromatic N) is 3. The quantitative estimate of drug-likeness (QED) is 0.580. The van der Waals surface area contributed by atoms with Crippen molar-refractivity contribution in [1.29, 1.82) is 0 Å². The summed E-state index contributed by atoms with van der Waals surface area (Å²) in [6.45, 7) is 1.64. The number of thiazole rings is 1. The lowest BCUT2D eigenvalue weighted by atomic mass is 10.0. The van der Waals surface area contributed by atoms with E-state index in [0.717, 1.165) is 29.8 Å². The fraction of sp³-hybridized carbons (Fsp3) is 0.286. The average molecular weight is 376 g/mol. The van der Waals surface area contributed by atoms with Gasteiger partial charge in [0.2, 0.25) is 0 Å². The minimum absolute atomic E-state index is 0.0656. The molecule has 1 aliphatic heterocycles. The Balaban J connectivity index is 1.48. The molecule has 5 nitrogen and oxygen atoms in total. The maximum Gasteiger partial charge on any atom is 0.258 e. The SMILES string of the molecule is O=c1[nH]c(CN2CCCC[C@H]2c2nc3ccccc3s2)nc2ccccc12. The molecule has 5 rings (SSSR count). The van der Waals surface area contributed by atoms with Crippen LogP contribution in [0.15, 0.2) is 53.3 Å². The van der Waals surface area contributed by atoms with Crippen LogP contribution in [0.2, 0.25) is 0 Å². The van der Waals surface area contributed by atoms with Gasteiger partial charge in [-0.2, -0.15) is 0 Å². The van der Waals surface area contributed by atoms with Gasteiger partial charge in [-0.05, 0) is 43.7 Å². The first kappa shape index (κ1) is 16.6. The van der Waals surface area contributed by atoms with Crippen molar-refractivity contribution in [3.8, 4) is 0 Å². The van der Waals surface area contributed by atoms with Crippen LogP contribution < -0.4 is 5.56 Å². The van der Waals surface area contributed by atoms with Crippen molar-refractivity contribution in [2.45, 2.75) is 31.8 Å². The summed E-state index contributed by atoms with van der Waals surface area (Å²) in [6, 6.07) is 16.1. The molecule has 2 aromatic carbocycles. The van der Waals surface area contributed by atoms with Gasteiger partial charge in [-0.25, -0.2) is 9.97 Å². The van der Waals surface area contributed by atoms with Gasteiger partial charge in [0.05, 0.1) is 33.7 Å². The third-order valence-corrected chi connectivity index (χ3v) is 6.36. The number of nitrogens with one attached hydrogen (secondary N) is 1. The van der Waals surface area contributed by atoms with E-state index in [1.54, 1.807) is 11.3 Å². The number of para-hydroxylation sites is 2. The molecule has 1 N–H and O–H groups in total. The second kappa shape index (κ2) is 6.87. The molecule has 4 aromatic rings. The third-order valence-electron chi connectivity index (χ3n) is 5.22. The highest BCUT2D eigenvalue weighted by Crippen LogP contribution is 2.36. The lowest BCUT2D eigenvalue weighted by Gasteiger charge is -2.34. The van der Waals surface area contributed by atoms with E-state index in [0.29, 0.717) is 11.9 Å². The molecule has 0 radical (unpaired) electrons. The Hall–Kier alpha value is -2.57. The Labute approximate surface area is 160 Å². The number of fused-ring (bicyclic) bond motifs is 2. The van der Waals surface area contributed by atoms with Crippen LogP contribution in [0.4, 0.5) is 0 Å². The van der Waals surface area contributed by atoms with Crippen LogP contribution in [0.25, 0.3) is 21.1 Å². The lowest BCUT2D eigenvalue weighted by Crippen LogP contribution is -2.34. The van der Waals surface area contributed by atoms with E-state index in [-0.39, 0.29) is 11.6 Å². The van der Waals surface area contributed by atoms with E-state index in [2.05, 4.69) is 33.1 Å². The maximum absolute atomic E-state index is 12.4. The van der Waals surface area contributed by atoms with E-state index in [4.69, 9.17) is 4.98 Å². The van der Waals surface area contributed by atoms with Gasteiger partial charge >= 0.3 is 0 Å². The van der Waals surface area contributed by atoms with Crippen LogP contribution in [0.1, 0.15) is 36.1 Å². The number of aromatic nitrogens is 3. The zero-order chi connectivity index (χ0) is 18.2. The summed E-state index contributed by atoms with van der Waals surface area (Å²) in [6.07, 6.45) is 3.47. The van der Waals surface area contributed by atoms with Gasteiger partial charge in [0.1, 0.15) is 10.8 Å². The van der Waals surface area contributed by atoms with Gasteiger partial charge in [-0.3, -0.25) is 9.69 Å². The standard InChI is InChI=1S/C21H20N4OS/c26-20-14-7-1-2-8-15(14)22-19(24-20)13-25-12-6-5-10-17(25)21-23-16-9-3-4-11-18(16)27-21/h1-4,7-9,11,17H,5-6,10,12-13H2,(H,22,24,26)/t17-/m0/s1. The molecular formula is C21H20N4OS. The topological polar surface area (TPSA) is 61.9 Å². The molecule has 0 aliphatic carbocycles. The molecule has 3 heterocycles. The number of hydrogen-bond donors (Lipinski definition) is 1. The highest BCUT2D eigenvalue weighted by Gasteiger charge is 2.27. The van der Waals surface area contributed by atoms with Crippen LogP contribution in [0.3, 0.4) is 0 Å². The number of benzene rings is 2. The zero-order valence-electron chi connectivity index (χ0n) is 14.9. The molecular weight excluding hydrogens is 356 g/mol. The van der Waals surface area contributed by atoms with Gasteiger partial charge in [0.15, 0.2) is 0 Å². The third kappa shape index (κ3) is 3.15. The van der Waals surface area contributed by atoms with Crippen LogP contribution in [0, 0.1) is 0 Å². The van der Waals surface area contributed by atoms with Gasteiger partial charge in [-0.1, -0.05) is 30.7 Å². The molecule has 0 bridgehead atoms. The van der Waals surface area contributed by atoms with Crippen molar-refractivity contribution < 1.29 is 0 Å². The molecule has 27 heavy (non-hydrogen) atoms. The Morgan fingerprint density at radius 3 is 2.74 bits per heavy atom. The van der Waals surface area contributed by atoms with Gasteiger partial charge in [-0.15, -0.1) is 11.3 Å². The Bertz CT molecular complexity index is 1130. The Morgan fingerprint density at radius 2 is 1.85 bits per heavy atom. The van der Waals surface area contributed by atoms with Crippen molar-refractivity contribution in [3.05, 3.63) is 69.7 Å². The van der Waals surface area contributed by atoms with Crippen LogP contribution in [-0.4, -0.2) is 26.4 Å². The number of aromatic amines is 1. The van der Waals surface area contributed by atoms with Crippen LogP contribution >= 0.6 is 11.3 Å². The molecule has 1 fully saturated rings. The molecule has 0 amide bonds. The van der Waals surface area contributed by atoms with Crippen molar-refractivity contribution >= 4 is 32.5 Å². The number of piperidine rings is 1. The molecule has 0 saturated carbocycles. The Morgan fingerprint density at radius 1 is 1.04 bits per heavy atom. The first-order valence-electron chi connectivity index (χ1n) is 9.35. The van der Waals surface area contributed by atoms with Gasteiger partial charge in [0.25, 0.3) is 5.56 Å². The van der Waals surface area contributed by atoms with E-state index in [1.165, 1.54) is 22.5 Å². The van der Waals surface area contributed by atoms with E-state index in [9.17, 15) is 4.79 Å². The van der Waals surface area contributed by atoms with Crippen LogP contribution in [0.5, 0.6) is 0 Å². The highest BCUT2D eigenvalue weighted by molar-refractivity contribution is 7.18. The van der Waals surface area contributed by atoms with Crippen LogP contribution in [-0.2, 0) is 6.54 Å². The summed E-state index contributed by atoms with van der Waals surface area (Å²) in [7, 11) is 0. The normalized spacial score (nSPS) is 18.3. The predicted octanol–water partition coefficient (Wildman–Crippen LogP) is 4.26. The zero-order valence-corrected chi connectivity index (χ0v) is 15.7. The summed E-state index contributed by atoms with van der Waals surface area (Å²) >= 11 is 1.78. The number of H-pyrrole nitrogens is 1. The molecule has 1 aliphatic rings. The number of hydrogen-bond acceptors (Lipinski definition) is 5. The van der Waals surface area contributed by atoms with Crippen molar-refractivity contribution in [2.24, 2.45) is 0 Å². The monoisotopic (exact) mass is 376 g/mol. The summed E-state index contributed by atoms with van der Waals surface area (Å²) in [5.74, 6) is 0.728. The van der Waals surface area contributed by atoms with Crippen molar-refractivity contribution in [2.75, 3.05) is 6.54 Å². The fourth-order valence-electron chi connectivity index (χ4n) is 3.89. The minimum atomic E-state index is -0.0656. The number of likely N-dealkylation sites (tertiary alicyclic amines) is 1. The summed E-state index contributed by atoms with van der Waals surface area (Å²) in [4.78, 5) is 27.3. The second-order valence-corrected chi connectivity index (χ2v) is 8.09.